The van der Waals surface area contributed by atoms with E-state index in [-0.39, 0.29) is 18.1 Å². The first kappa shape index (κ1) is 22.7. The van der Waals surface area contributed by atoms with Crippen LogP contribution in [0.3, 0.4) is 0 Å². The van der Waals surface area contributed by atoms with E-state index in [1.54, 1.807) is 42.5 Å². The maximum absolute atomic E-state index is 12.7. The van der Waals surface area contributed by atoms with Gasteiger partial charge in [0.25, 0.3) is 11.1 Å². The van der Waals surface area contributed by atoms with Gasteiger partial charge in [-0.2, -0.15) is 0 Å². The van der Waals surface area contributed by atoms with Crippen LogP contribution in [0, 0.1) is 15.9 Å². The lowest BCUT2D eigenvalue weighted by molar-refractivity contribution is -0.127. The van der Waals surface area contributed by atoms with Crippen LogP contribution in [0.4, 0.5) is 10.5 Å². The number of terminal acetylenes is 1. The van der Waals surface area contributed by atoms with Gasteiger partial charge in [-0.05, 0) is 70.3 Å². The number of rotatable bonds is 7. The van der Waals surface area contributed by atoms with Gasteiger partial charge in [0.2, 0.25) is 5.91 Å². The minimum Gasteiger partial charge on any atom is -0.493 e. The summed E-state index contributed by atoms with van der Waals surface area (Å²) in [6.45, 7) is -0.272. The Hall–Kier alpha value is -2.97. The fraction of sp³-hybridized carbons (Fsp3) is 0.136. The Balaban J connectivity index is 1.76. The van der Waals surface area contributed by atoms with Crippen LogP contribution in [-0.4, -0.2) is 42.2 Å². The Morgan fingerprint density at radius 1 is 1.29 bits per heavy atom. The van der Waals surface area contributed by atoms with E-state index in [2.05, 4.69) is 33.8 Å². The third-order valence-electron chi connectivity index (χ3n) is 4.08. The van der Waals surface area contributed by atoms with Crippen molar-refractivity contribution in [3.8, 4) is 23.8 Å². The number of imide groups is 1. The Bertz CT molecular complexity index is 1100. The molecule has 1 heterocycles. The molecule has 1 aliphatic heterocycles. The molecular formula is C22H17IN2O5S. The topological polar surface area (TPSA) is 84.9 Å². The third kappa shape index (κ3) is 5.59. The Labute approximate surface area is 197 Å². The fourth-order valence-corrected chi connectivity index (χ4v) is 4.35. The summed E-state index contributed by atoms with van der Waals surface area (Å²) < 4.78 is 11.6. The highest BCUT2D eigenvalue weighted by Crippen LogP contribution is 2.37. The molecule has 158 valence electrons. The number of benzene rings is 2. The summed E-state index contributed by atoms with van der Waals surface area (Å²) in [6, 6.07) is 12.3. The van der Waals surface area contributed by atoms with Crippen LogP contribution in [0.1, 0.15) is 5.56 Å². The van der Waals surface area contributed by atoms with Crippen molar-refractivity contribution in [1.82, 2.24) is 4.90 Å². The molecule has 9 heteroatoms. The van der Waals surface area contributed by atoms with Crippen molar-refractivity contribution in [2.24, 2.45) is 0 Å². The molecule has 0 bridgehead atoms. The van der Waals surface area contributed by atoms with Crippen LogP contribution in [0.2, 0.25) is 0 Å². The number of hydrogen-bond acceptors (Lipinski definition) is 6. The predicted octanol–water partition coefficient (Wildman–Crippen LogP) is 3.99. The maximum atomic E-state index is 12.7. The molecule has 0 aliphatic carbocycles. The minimum atomic E-state index is -0.528. The zero-order chi connectivity index (χ0) is 22.4. The van der Waals surface area contributed by atoms with Crippen LogP contribution >= 0.6 is 34.4 Å². The molecule has 3 rings (SSSR count). The van der Waals surface area contributed by atoms with Gasteiger partial charge in [0.15, 0.2) is 11.5 Å². The standard InChI is InChI=1S/C22H17IN2O5S/c1-3-9-30-20-16(23)10-14(11-17(20)29-2)12-18-21(27)25(22(28)31-18)13-19(26)24-15-7-5-4-6-8-15/h1,4-8,10-12H,9,13H2,2H3,(H,24,26)/b18-12-. The van der Waals surface area contributed by atoms with Crippen molar-refractivity contribution in [2.75, 3.05) is 25.6 Å². The molecule has 2 aromatic carbocycles. The van der Waals surface area contributed by atoms with Gasteiger partial charge in [-0.3, -0.25) is 19.3 Å². The SMILES string of the molecule is C#CCOc1c(I)cc(/C=C2\SC(=O)N(CC(=O)Nc3ccccc3)C2=O)cc1OC. The van der Waals surface area contributed by atoms with Gasteiger partial charge in [-0.15, -0.1) is 6.42 Å². The van der Waals surface area contributed by atoms with Gasteiger partial charge < -0.3 is 14.8 Å². The summed E-state index contributed by atoms with van der Waals surface area (Å²) in [4.78, 5) is 38.4. The number of thioether (sulfide) groups is 1. The molecular weight excluding hydrogens is 531 g/mol. The van der Waals surface area contributed by atoms with E-state index >= 15 is 0 Å². The molecule has 0 atom stereocenters. The first-order valence-corrected chi connectivity index (χ1v) is 10.9. The molecule has 1 N–H and O–H groups in total. The Morgan fingerprint density at radius 2 is 2.03 bits per heavy atom. The van der Waals surface area contributed by atoms with Crippen molar-refractivity contribution in [2.45, 2.75) is 0 Å². The summed E-state index contributed by atoms with van der Waals surface area (Å²) in [7, 11) is 1.50. The molecule has 7 nitrogen and oxygen atoms in total. The predicted molar refractivity (Wildman–Crippen MR) is 128 cm³/mol. The summed E-state index contributed by atoms with van der Waals surface area (Å²) >= 11 is 2.86. The van der Waals surface area contributed by atoms with Crippen molar-refractivity contribution >= 4 is 63.2 Å². The number of halogens is 1. The highest BCUT2D eigenvalue weighted by molar-refractivity contribution is 14.1. The zero-order valence-corrected chi connectivity index (χ0v) is 19.4. The number of ether oxygens (including phenoxy) is 2. The summed E-state index contributed by atoms with van der Waals surface area (Å²) in [6.07, 6.45) is 6.82. The van der Waals surface area contributed by atoms with E-state index < -0.39 is 17.1 Å². The zero-order valence-electron chi connectivity index (χ0n) is 16.4. The second kappa shape index (κ2) is 10.4. The molecule has 1 saturated heterocycles. The molecule has 1 fully saturated rings. The fourth-order valence-electron chi connectivity index (χ4n) is 2.73. The van der Waals surface area contributed by atoms with Crippen LogP contribution in [0.5, 0.6) is 11.5 Å². The number of nitrogens with one attached hydrogen (secondary N) is 1. The minimum absolute atomic E-state index is 0.0929. The molecule has 0 radical (unpaired) electrons. The molecule has 0 aromatic heterocycles. The number of carbonyl (C=O) groups is 3. The van der Waals surface area contributed by atoms with E-state index in [1.807, 2.05) is 6.07 Å². The van der Waals surface area contributed by atoms with E-state index in [9.17, 15) is 14.4 Å². The van der Waals surface area contributed by atoms with E-state index in [4.69, 9.17) is 15.9 Å². The number of nitrogens with zero attached hydrogens (tertiary/aromatic N) is 1. The first-order valence-electron chi connectivity index (χ1n) is 8.97. The average molecular weight is 548 g/mol. The largest absolute Gasteiger partial charge is 0.493 e. The maximum Gasteiger partial charge on any atom is 0.294 e. The monoisotopic (exact) mass is 548 g/mol. The number of hydrogen-bond donors (Lipinski definition) is 1. The first-order chi connectivity index (χ1) is 14.9. The van der Waals surface area contributed by atoms with Crippen molar-refractivity contribution in [3.05, 3.63) is 56.5 Å². The van der Waals surface area contributed by atoms with Crippen LogP contribution < -0.4 is 14.8 Å². The van der Waals surface area contributed by atoms with Crippen molar-refractivity contribution in [1.29, 1.82) is 0 Å². The molecule has 0 spiro atoms. The lowest BCUT2D eigenvalue weighted by Crippen LogP contribution is -2.36. The number of anilines is 1. The number of para-hydroxylation sites is 1. The normalized spacial score (nSPS) is 14.5. The van der Waals surface area contributed by atoms with Gasteiger partial charge in [0.05, 0.1) is 15.6 Å². The summed E-state index contributed by atoms with van der Waals surface area (Å²) in [5, 5.41) is 2.16. The number of methoxy groups -OCH3 is 1. The highest BCUT2D eigenvalue weighted by atomic mass is 127. The lowest BCUT2D eigenvalue weighted by atomic mass is 10.2. The summed E-state index contributed by atoms with van der Waals surface area (Å²) in [5.74, 6) is 2.37. The van der Waals surface area contributed by atoms with Gasteiger partial charge >= 0.3 is 0 Å². The number of amides is 3. The molecule has 0 saturated carbocycles. The van der Waals surface area contributed by atoms with Gasteiger partial charge in [0.1, 0.15) is 13.2 Å². The van der Waals surface area contributed by atoms with Crippen LogP contribution in [-0.2, 0) is 9.59 Å². The lowest BCUT2D eigenvalue weighted by Gasteiger charge is -2.13. The third-order valence-corrected chi connectivity index (χ3v) is 5.79. The highest BCUT2D eigenvalue weighted by Gasteiger charge is 2.36. The van der Waals surface area contributed by atoms with Crippen LogP contribution in [0.15, 0.2) is 47.4 Å². The van der Waals surface area contributed by atoms with Crippen LogP contribution in [0.25, 0.3) is 6.08 Å². The Kier molecular flexibility index (Phi) is 7.59. The van der Waals surface area contributed by atoms with Crippen molar-refractivity contribution < 1.29 is 23.9 Å². The second-order valence-electron chi connectivity index (χ2n) is 6.21. The van der Waals surface area contributed by atoms with Gasteiger partial charge in [-0.25, -0.2) is 0 Å². The van der Waals surface area contributed by atoms with E-state index in [0.717, 1.165) is 20.2 Å². The Morgan fingerprint density at radius 3 is 2.71 bits per heavy atom. The molecule has 2 aromatic rings. The average Bonchev–Trinajstić information content (AvgIpc) is 3.00. The summed E-state index contributed by atoms with van der Waals surface area (Å²) in [5.41, 5.74) is 1.23. The van der Waals surface area contributed by atoms with Gasteiger partial charge in [-0.1, -0.05) is 24.1 Å². The van der Waals surface area contributed by atoms with E-state index in [0.29, 0.717) is 22.7 Å². The van der Waals surface area contributed by atoms with E-state index in [1.165, 1.54) is 7.11 Å². The number of carbonyl (C=O) groups excluding carboxylic acids is 3. The molecule has 0 unspecified atom stereocenters. The van der Waals surface area contributed by atoms with Gasteiger partial charge in [0, 0.05) is 5.69 Å². The second-order valence-corrected chi connectivity index (χ2v) is 8.36. The quantitative estimate of drug-likeness (QED) is 0.320. The molecule has 3 amide bonds. The smallest absolute Gasteiger partial charge is 0.294 e. The molecule has 31 heavy (non-hydrogen) atoms. The molecule has 1 aliphatic rings. The van der Waals surface area contributed by atoms with Crippen molar-refractivity contribution in [3.63, 3.8) is 0 Å².